The van der Waals surface area contributed by atoms with Gasteiger partial charge in [-0.25, -0.2) is 0 Å². The Balaban J connectivity index is 1.62. The number of hydrogen-bond acceptors (Lipinski definition) is 3. The van der Waals surface area contributed by atoms with Gasteiger partial charge in [0.2, 0.25) is 0 Å². The van der Waals surface area contributed by atoms with Gasteiger partial charge in [0.25, 0.3) is 11.8 Å². The van der Waals surface area contributed by atoms with Crippen LogP contribution < -0.4 is 15.8 Å². The van der Waals surface area contributed by atoms with Gasteiger partial charge >= 0.3 is 0 Å². The molecule has 126 valence electrons. The number of nitrogens with zero attached hydrogens (tertiary/aromatic N) is 1. The van der Waals surface area contributed by atoms with Crippen molar-refractivity contribution in [2.75, 3.05) is 11.9 Å². The number of ether oxygens (including phenoxy) is 1. The molecule has 0 radical (unpaired) electrons. The molecular formula is C19H17N3O3. The summed E-state index contributed by atoms with van der Waals surface area (Å²) in [7, 11) is 0. The molecule has 0 saturated heterocycles. The van der Waals surface area contributed by atoms with Gasteiger partial charge in [-0.05, 0) is 60.7 Å². The number of aromatic nitrogens is 1. The molecule has 0 aliphatic heterocycles. The van der Waals surface area contributed by atoms with Gasteiger partial charge in [-0.3, -0.25) is 9.59 Å². The second-order valence-electron chi connectivity index (χ2n) is 5.37. The van der Waals surface area contributed by atoms with Crippen molar-refractivity contribution >= 4 is 17.5 Å². The number of nitrogens with one attached hydrogen (secondary N) is 1. The highest BCUT2D eigenvalue weighted by molar-refractivity contribution is 6.04. The summed E-state index contributed by atoms with van der Waals surface area (Å²) in [5.74, 6) is -0.238. The third-order valence-electron chi connectivity index (χ3n) is 3.53. The summed E-state index contributed by atoms with van der Waals surface area (Å²) in [5.41, 5.74) is 7.19. The molecule has 0 aliphatic carbocycles. The number of carbonyl (C=O) groups is 2. The third-order valence-corrected chi connectivity index (χ3v) is 3.53. The fourth-order valence-electron chi connectivity index (χ4n) is 2.28. The Morgan fingerprint density at radius 1 is 0.960 bits per heavy atom. The number of benzene rings is 2. The Morgan fingerprint density at radius 3 is 2.20 bits per heavy atom. The first-order valence-electron chi connectivity index (χ1n) is 7.68. The van der Waals surface area contributed by atoms with Crippen molar-refractivity contribution in [3.8, 4) is 11.4 Å². The van der Waals surface area contributed by atoms with Crippen LogP contribution in [-0.4, -0.2) is 23.0 Å². The molecule has 25 heavy (non-hydrogen) atoms. The summed E-state index contributed by atoms with van der Waals surface area (Å²) in [6.07, 6.45) is 3.88. The average Bonchev–Trinajstić information content (AvgIpc) is 3.16. The van der Waals surface area contributed by atoms with E-state index in [1.54, 1.807) is 36.4 Å². The van der Waals surface area contributed by atoms with Crippen LogP contribution >= 0.6 is 0 Å². The van der Waals surface area contributed by atoms with E-state index in [1.807, 2.05) is 41.2 Å². The Hall–Kier alpha value is -3.54. The predicted molar refractivity (Wildman–Crippen MR) is 94.9 cm³/mol. The van der Waals surface area contributed by atoms with Gasteiger partial charge in [-0.1, -0.05) is 0 Å². The zero-order valence-electron chi connectivity index (χ0n) is 13.4. The van der Waals surface area contributed by atoms with E-state index < -0.39 is 5.91 Å². The van der Waals surface area contributed by atoms with Crippen LogP contribution in [0.5, 0.6) is 5.75 Å². The fourth-order valence-corrected chi connectivity index (χ4v) is 2.28. The van der Waals surface area contributed by atoms with E-state index in [9.17, 15) is 9.59 Å². The Morgan fingerprint density at radius 2 is 1.60 bits per heavy atom. The van der Waals surface area contributed by atoms with Crippen molar-refractivity contribution < 1.29 is 14.3 Å². The van der Waals surface area contributed by atoms with Crippen LogP contribution in [0.2, 0.25) is 0 Å². The van der Waals surface area contributed by atoms with Gasteiger partial charge in [0.05, 0.1) is 0 Å². The minimum Gasteiger partial charge on any atom is -0.484 e. The molecule has 0 saturated carbocycles. The van der Waals surface area contributed by atoms with Crippen molar-refractivity contribution in [1.82, 2.24) is 4.57 Å². The van der Waals surface area contributed by atoms with Gasteiger partial charge in [0, 0.05) is 29.3 Å². The lowest BCUT2D eigenvalue weighted by atomic mass is 10.2. The summed E-state index contributed by atoms with van der Waals surface area (Å²) in [5, 5.41) is 2.81. The average molecular weight is 335 g/mol. The largest absolute Gasteiger partial charge is 0.484 e. The van der Waals surface area contributed by atoms with Gasteiger partial charge in [0.1, 0.15) is 5.75 Å². The van der Waals surface area contributed by atoms with Crippen LogP contribution in [-0.2, 0) is 4.79 Å². The molecule has 0 atom stereocenters. The first kappa shape index (κ1) is 16.3. The number of anilines is 1. The molecule has 3 aromatic rings. The zero-order valence-corrected chi connectivity index (χ0v) is 13.4. The highest BCUT2D eigenvalue weighted by Crippen LogP contribution is 2.17. The predicted octanol–water partition coefficient (Wildman–Crippen LogP) is 2.59. The molecule has 6 heteroatoms. The molecule has 0 fully saturated rings. The van der Waals surface area contributed by atoms with E-state index in [2.05, 4.69) is 5.32 Å². The number of primary amides is 1. The molecule has 0 unspecified atom stereocenters. The van der Waals surface area contributed by atoms with E-state index in [-0.39, 0.29) is 12.5 Å². The molecule has 6 nitrogen and oxygen atoms in total. The van der Waals surface area contributed by atoms with E-state index >= 15 is 0 Å². The Labute approximate surface area is 144 Å². The van der Waals surface area contributed by atoms with Crippen LogP contribution in [0.3, 0.4) is 0 Å². The second-order valence-corrected chi connectivity index (χ2v) is 5.37. The number of carbonyl (C=O) groups excluding carboxylic acids is 2. The summed E-state index contributed by atoms with van der Waals surface area (Å²) < 4.78 is 7.14. The smallest absolute Gasteiger partial charge is 0.255 e. The molecule has 0 bridgehead atoms. The molecule has 3 rings (SSSR count). The minimum atomic E-state index is -0.541. The topological polar surface area (TPSA) is 86.4 Å². The number of amides is 2. The summed E-state index contributed by atoms with van der Waals surface area (Å²) in [6, 6.07) is 17.9. The van der Waals surface area contributed by atoms with Crippen LogP contribution in [0, 0.1) is 0 Å². The molecule has 3 N–H and O–H groups in total. The summed E-state index contributed by atoms with van der Waals surface area (Å²) in [6.45, 7) is -0.181. The van der Waals surface area contributed by atoms with Gasteiger partial charge in [-0.2, -0.15) is 0 Å². The monoisotopic (exact) mass is 335 g/mol. The molecule has 1 heterocycles. The van der Waals surface area contributed by atoms with Crippen molar-refractivity contribution in [3.05, 3.63) is 78.6 Å². The maximum atomic E-state index is 12.3. The van der Waals surface area contributed by atoms with E-state index in [4.69, 9.17) is 10.5 Å². The van der Waals surface area contributed by atoms with E-state index in [0.29, 0.717) is 17.0 Å². The molecular weight excluding hydrogens is 318 g/mol. The lowest BCUT2D eigenvalue weighted by molar-refractivity contribution is -0.119. The van der Waals surface area contributed by atoms with Gasteiger partial charge in [-0.15, -0.1) is 0 Å². The van der Waals surface area contributed by atoms with Crippen molar-refractivity contribution in [3.63, 3.8) is 0 Å². The number of hydrogen-bond donors (Lipinski definition) is 2. The first-order chi connectivity index (χ1) is 12.1. The third kappa shape index (κ3) is 4.26. The number of rotatable bonds is 6. The quantitative estimate of drug-likeness (QED) is 0.726. The Kier molecular flexibility index (Phi) is 4.80. The van der Waals surface area contributed by atoms with Gasteiger partial charge < -0.3 is 20.4 Å². The molecule has 2 aromatic carbocycles. The standard InChI is InChI=1S/C19H17N3O3/c20-18(23)13-25-17-9-5-15(6-10-17)21-19(24)14-3-7-16(8-4-14)22-11-1-2-12-22/h1-12H,13H2,(H2,20,23)(H,21,24). The van der Waals surface area contributed by atoms with E-state index in [0.717, 1.165) is 5.69 Å². The van der Waals surface area contributed by atoms with Crippen molar-refractivity contribution in [2.45, 2.75) is 0 Å². The molecule has 2 amide bonds. The maximum Gasteiger partial charge on any atom is 0.255 e. The summed E-state index contributed by atoms with van der Waals surface area (Å²) in [4.78, 5) is 23.0. The van der Waals surface area contributed by atoms with E-state index in [1.165, 1.54) is 0 Å². The highest BCUT2D eigenvalue weighted by atomic mass is 16.5. The van der Waals surface area contributed by atoms with Crippen LogP contribution in [0.25, 0.3) is 5.69 Å². The molecule has 0 spiro atoms. The fraction of sp³-hybridized carbons (Fsp3) is 0.0526. The Bertz CT molecular complexity index is 854. The van der Waals surface area contributed by atoms with Crippen LogP contribution in [0.4, 0.5) is 5.69 Å². The minimum absolute atomic E-state index is 0.181. The first-order valence-corrected chi connectivity index (χ1v) is 7.68. The molecule has 1 aromatic heterocycles. The van der Waals surface area contributed by atoms with Crippen molar-refractivity contribution in [2.24, 2.45) is 5.73 Å². The SMILES string of the molecule is NC(=O)COc1ccc(NC(=O)c2ccc(-n3cccc3)cc2)cc1. The highest BCUT2D eigenvalue weighted by Gasteiger charge is 2.07. The van der Waals surface area contributed by atoms with Crippen LogP contribution in [0.1, 0.15) is 10.4 Å². The number of nitrogens with two attached hydrogens (primary N) is 1. The van der Waals surface area contributed by atoms with Crippen LogP contribution in [0.15, 0.2) is 73.1 Å². The zero-order chi connectivity index (χ0) is 17.6. The normalized spacial score (nSPS) is 10.2. The van der Waals surface area contributed by atoms with Crippen molar-refractivity contribution in [1.29, 1.82) is 0 Å². The summed E-state index contributed by atoms with van der Waals surface area (Å²) >= 11 is 0. The lowest BCUT2D eigenvalue weighted by Crippen LogP contribution is -2.20. The molecule has 0 aliphatic rings. The lowest BCUT2D eigenvalue weighted by Gasteiger charge is -2.08. The second kappa shape index (κ2) is 7.35. The van der Waals surface area contributed by atoms with Gasteiger partial charge in [0.15, 0.2) is 6.61 Å². The maximum absolute atomic E-state index is 12.3.